The van der Waals surface area contributed by atoms with Gasteiger partial charge in [0.05, 0.1) is 11.4 Å². The monoisotopic (exact) mass is 706 g/mol. The minimum Gasteiger partial charge on any atom is -0.397 e. The number of hydrogen-bond donors (Lipinski definition) is 2. The minimum absolute atomic E-state index is 0.672. The fourth-order valence-electron chi connectivity index (χ4n) is 6.72. The Labute approximate surface area is 316 Å². The van der Waals surface area contributed by atoms with Gasteiger partial charge in [0.15, 0.2) is 0 Å². The van der Waals surface area contributed by atoms with Crippen molar-refractivity contribution in [3.05, 3.63) is 199 Å². The lowest BCUT2D eigenvalue weighted by molar-refractivity contribution is 1.50. The first-order valence-electron chi connectivity index (χ1n) is 18.3. The molecule has 3 heteroatoms. The van der Waals surface area contributed by atoms with Crippen LogP contribution in [-0.4, -0.2) is 0 Å². The molecule has 0 unspecified atom stereocenters. The van der Waals surface area contributed by atoms with E-state index in [4.69, 9.17) is 11.5 Å². The fourth-order valence-corrected chi connectivity index (χ4v) is 8.96. The van der Waals surface area contributed by atoms with Crippen molar-refractivity contribution in [2.24, 2.45) is 11.5 Å². The van der Waals surface area contributed by atoms with Crippen molar-refractivity contribution >= 4 is 46.0 Å². The van der Waals surface area contributed by atoms with E-state index in [1.165, 1.54) is 54.7 Å². The van der Waals surface area contributed by atoms with E-state index in [-0.39, 0.29) is 0 Å². The first-order chi connectivity index (χ1) is 26.1. The van der Waals surface area contributed by atoms with Crippen LogP contribution in [0.5, 0.6) is 0 Å². The number of allylic oxidation sites excluding steroid dienone is 4. The molecule has 0 spiro atoms. The second-order valence-corrected chi connectivity index (χ2v) is 14.7. The Bertz CT molecular complexity index is 2240. The lowest BCUT2D eigenvalue weighted by Crippen LogP contribution is -2.20. The van der Waals surface area contributed by atoms with Crippen molar-refractivity contribution in [3.8, 4) is 33.4 Å². The van der Waals surface area contributed by atoms with Crippen LogP contribution in [0, 0.1) is 0 Å². The standard InChI is InChI=1S/C42H31N2P.C6H10.C2H6/c43-41-38-13-7-12-37-36(26-27-39(40(37)38)42(41)44)32-18-24-35(25-19-32)45(33-20-14-30(15-21-33)28-8-3-1-4-9-28)34-22-16-31(17-23-34)29-10-5-2-6-11-29;1-3-5-6-4-2;1-2/h1-27H,43-44H2;3-6H,1-2H3;1-2H3/b;5-3-,6-4-;. The Morgan fingerprint density at radius 3 is 1.19 bits per heavy atom. The van der Waals surface area contributed by atoms with Gasteiger partial charge in [0.2, 0.25) is 0 Å². The van der Waals surface area contributed by atoms with Crippen LogP contribution >= 0.6 is 7.92 Å². The van der Waals surface area contributed by atoms with Gasteiger partial charge in [-0.05, 0) is 76.4 Å². The summed E-state index contributed by atoms with van der Waals surface area (Å²) in [5, 5.41) is 6.29. The number of rotatable bonds is 7. The van der Waals surface area contributed by atoms with Gasteiger partial charge in [0, 0.05) is 16.5 Å². The summed E-state index contributed by atoms with van der Waals surface area (Å²) >= 11 is 0. The van der Waals surface area contributed by atoms with Gasteiger partial charge in [-0.15, -0.1) is 0 Å². The molecule has 0 radical (unpaired) electrons. The molecule has 0 saturated carbocycles. The lowest BCUT2D eigenvalue weighted by Gasteiger charge is -2.21. The van der Waals surface area contributed by atoms with Crippen LogP contribution in [0.2, 0.25) is 0 Å². The molecule has 0 atom stereocenters. The van der Waals surface area contributed by atoms with Crippen molar-refractivity contribution < 1.29 is 0 Å². The van der Waals surface area contributed by atoms with Crippen molar-refractivity contribution in [1.82, 2.24) is 0 Å². The van der Waals surface area contributed by atoms with E-state index in [0.29, 0.717) is 11.4 Å². The molecule has 1 aliphatic rings. The first kappa shape index (κ1) is 36.8. The van der Waals surface area contributed by atoms with Crippen LogP contribution in [0.3, 0.4) is 0 Å². The third-order valence-electron chi connectivity index (χ3n) is 9.31. The maximum absolute atomic E-state index is 6.38. The molecule has 2 nitrogen and oxygen atoms in total. The predicted molar refractivity (Wildman–Crippen MR) is 235 cm³/mol. The summed E-state index contributed by atoms with van der Waals surface area (Å²) in [5.74, 6) is 0. The molecule has 0 fully saturated rings. The number of nitrogens with two attached hydrogens (primary N) is 2. The fraction of sp³-hybridized carbons (Fsp3) is 0.0800. The van der Waals surface area contributed by atoms with Crippen LogP contribution in [0.4, 0.5) is 0 Å². The second-order valence-electron chi connectivity index (χ2n) is 12.5. The zero-order valence-corrected chi connectivity index (χ0v) is 31.9. The highest BCUT2D eigenvalue weighted by Crippen LogP contribution is 2.42. The zero-order valence-electron chi connectivity index (χ0n) is 31.0. The van der Waals surface area contributed by atoms with Gasteiger partial charge in [-0.3, -0.25) is 0 Å². The van der Waals surface area contributed by atoms with Crippen LogP contribution in [0.15, 0.2) is 188 Å². The summed E-state index contributed by atoms with van der Waals surface area (Å²) < 4.78 is 0. The summed E-state index contributed by atoms with van der Waals surface area (Å²) in [4.78, 5) is 0. The Hall–Kier alpha value is -5.95. The average molecular weight is 707 g/mol. The summed E-state index contributed by atoms with van der Waals surface area (Å²) in [6.07, 6.45) is 8.00. The molecular weight excluding hydrogens is 660 g/mol. The Morgan fingerprint density at radius 1 is 0.377 bits per heavy atom. The Balaban J connectivity index is 0.000000549. The normalized spacial score (nSPS) is 11.9. The number of benzene rings is 7. The van der Waals surface area contributed by atoms with E-state index in [2.05, 4.69) is 164 Å². The Kier molecular flexibility index (Phi) is 12.2. The van der Waals surface area contributed by atoms with E-state index in [1.54, 1.807) is 0 Å². The summed E-state index contributed by atoms with van der Waals surface area (Å²) in [6.45, 7) is 8.00. The summed E-state index contributed by atoms with van der Waals surface area (Å²) in [7, 11) is -0.776. The molecule has 4 N–H and O–H groups in total. The van der Waals surface area contributed by atoms with Crippen LogP contribution in [0.25, 0.3) is 55.5 Å². The summed E-state index contributed by atoms with van der Waals surface area (Å²) in [5.41, 5.74) is 23.4. The molecule has 53 heavy (non-hydrogen) atoms. The third-order valence-corrected chi connectivity index (χ3v) is 11.8. The minimum atomic E-state index is -0.776. The van der Waals surface area contributed by atoms with Crippen molar-refractivity contribution in [2.75, 3.05) is 0 Å². The third kappa shape index (κ3) is 7.95. The quantitative estimate of drug-likeness (QED) is 0.128. The molecule has 8 rings (SSSR count). The molecule has 262 valence electrons. The second kappa shape index (κ2) is 17.5. The molecular formula is C50H47N2P. The van der Waals surface area contributed by atoms with E-state index >= 15 is 0 Å². The number of hydrogen-bond acceptors (Lipinski definition) is 2. The van der Waals surface area contributed by atoms with E-state index < -0.39 is 7.92 Å². The topological polar surface area (TPSA) is 52.0 Å². The van der Waals surface area contributed by atoms with Crippen molar-refractivity contribution in [1.29, 1.82) is 0 Å². The molecule has 0 heterocycles. The maximum atomic E-state index is 6.38. The Morgan fingerprint density at radius 2 is 0.755 bits per heavy atom. The smallest absolute Gasteiger partial charge is 0.0634 e. The lowest BCUT2D eigenvalue weighted by atomic mass is 9.94. The van der Waals surface area contributed by atoms with Crippen LogP contribution in [0.1, 0.15) is 38.8 Å². The van der Waals surface area contributed by atoms with Crippen molar-refractivity contribution in [2.45, 2.75) is 27.7 Å². The van der Waals surface area contributed by atoms with Gasteiger partial charge in [0.25, 0.3) is 0 Å². The molecule has 0 saturated heterocycles. The van der Waals surface area contributed by atoms with Gasteiger partial charge >= 0.3 is 0 Å². The molecule has 7 aromatic carbocycles. The summed E-state index contributed by atoms with van der Waals surface area (Å²) in [6, 6.07) is 59.1. The molecule has 1 aliphatic carbocycles. The van der Waals surface area contributed by atoms with Gasteiger partial charge in [-0.2, -0.15) is 0 Å². The maximum Gasteiger partial charge on any atom is 0.0634 e. The highest BCUT2D eigenvalue weighted by Gasteiger charge is 2.22. The average Bonchev–Trinajstić information content (AvgIpc) is 3.49. The van der Waals surface area contributed by atoms with Crippen LogP contribution < -0.4 is 27.4 Å². The largest absolute Gasteiger partial charge is 0.397 e. The highest BCUT2D eigenvalue weighted by atomic mass is 31.1. The van der Waals surface area contributed by atoms with Crippen LogP contribution in [-0.2, 0) is 0 Å². The first-order valence-corrected chi connectivity index (χ1v) is 19.7. The molecule has 7 aromatic rings. The van der Waals surface area contributed by atoms with E-state index in [1.807, 2.05) is 52.0 Å². The van der Waals surface area contributed by atoms with E-state index in [0.717, 1.165) is 16.5 Å². The zero-order chi connectivity index (χ0) is 37.2. The molecule has 0 amide bonds. The highest BCUT2D eigenvalue weighted by molar-refractivity contribution is 7.79. The molecule has 0 bridgehead atoms. The molecule has 0 aromatic heterocycles. The van der Waals surface area contributed by atoms with Gasteiger partial charge in [-0.25, -0.2) is 0 Å². The van der Waals surface area contributed by atoms with Gasteiger partial charge < -0.3 is 11.5 Å². The van der Waals surface area contributed by atoms with Gasteiger partial charge in [-0.1, -0.05) is 202 Å². The van der Waals surface area contributed by atoms with E-state index in [9.17, 15) is 0 Å². The predicted octanol–water partition coefficient (Wildman–Crippen LogP) is 11.8. The SMILES string of the molecule is C/C=C\C=C/C.CC.NC1=C(N)c2ccc(-c3ccc(P(c4ccc(-c5ccccc5)cc4)c4ccc(-c5ccccc5)cc4)cc3)c3cccc1c23. The van der Waals surface area contributed by atoms with Crippen molar-refractivity contribution in [3.63, 3.8) is 0 Å². The molecule has 0 aliphatic heterocycles. The van der Waals surface area contributed by atoms with Gasteiger partial charge in [0.1, 0.15) is 0 Å².